The lowest BCUT2D eigenvalue weighted by Crippen LogP contribution is -2.55. The molecule has 0 saturated heterocycles. The number of likely N-dealkylation sites (N-methyl/N-ethyl adjacent to an activating group) is 1. The van der Waals surface area contributed by atoms with Crippen LogP contribution in [0.1, 0.15) is 20.8 Å². The molecule has 0 fully saturated rings. The number of carboxylic acids is 1. The van der Waals surface area contributed by atoms with Gasteiger partial charge in [0.15, 0.2) is 6.04 Å². The molecule has 0 aliphatic carbocycles. The minimum absolute atomic E-state index is 0.249. The van der Waals surface area contributed by atoms with Crippen molar-refractivity contribution >= 4 is 12.0 Å². The molecule has 7 heteroatoms. The fourth-order valence-electron chi connectivity index (χ4n) is 1.04. The Morgan fingerprint density at radius 2 is 1.83 bits per heavy atom. The van der Waals surface area contributed by atoms with Crippen LogP contribution in [-0.2, 0) is 4.79 Å². The molecule has 4 N–H and O–H groups in total. The van der Waals surface area contributed by atoms with Crippen LogP contribution in [0.15, 0.2) is 0 Å². The topological polar surface area (TPSA) is 102 Å². The second kappa shape index (κ2) is 6.55. The number of aliphatic carboxylic acids is 1. The van der Waals surface area contributed by atoms with E-state index in [4.69, 9.17) is 5.11 Å². The van der Waals surface area contributed by atoms with Gasteiger partial charge < -0.3 is 25.7 Å². The largest absolute Gasteiger partial charge is 0.480 e. The highest BCUT2D eigenvalue weighted by atomic mass is 16.4. The number of carbonyl (C=O) groups excluding carboxylic acids is 1. The predicted molar refractivity (Wildman–Crippen MR) is 67.4 cm³/mol. The number of urea groups is 1. The first-order valence-corrected chi connectivity index (χ1v) is 5.70. The van der Waals surface area contributed by atoms with Crippen LogP contribution < -0.4 is 10.6 Å². The Morgan fingerprint density at radius 1 is 1.33 bits per heavy atom. The van der Waals surface area contributed by atoms with Gasteiger partial charge in [-0.3, -0.25) is 0 Å². The molecule has 106 valence electrons. The third-order valence-electron chi connectivity index (χ3n) is 2.93. The van der Waals surface area contributed by atoms with Crippen LogP contribution >= 0.6 is 0 Å². The van der Waals surface area contributed by atoms with Crippen molar-refractivity contribution in [1.82, 2.24) is 15.5 Å². The van der Waals surface area contributed by atoms with Gasteiger partial charge in [-0.1, -0.05) is 0 Å². The maximum Gasteiger partial charge on any atom is 0.328 e. The van der Waals surface area contributed by atoms with Crippen LogP contribution in [0.5, 0.6) is 0 Å². The molecular formula is C11H23N3O4. The first-order valence-electron chi connectivity index (χ1n) is 5.70. The van der Waals surface area contributed by atoms with Crippen molar-refractivity contribution in [3.8, 4) is 0 Å². The molecule has 0 radical (unpaired) electrons. The Hall–Kier alpha value is -1.34. The van der Waals surface area contributed by atoms with E-state index in [1.165, 1.54) is 6.92 Å². The fraction of sp³-hybridized carbons (Fsp3) is 0.818. The molecule has 0 aromatic rings. The van der Waals surface area contributed by atoms with Gasteiger partial charge in [0.1, 0.15) is 0 Å². The first kappa shape index (κ1) is 16.7. The summed E-state index contributed by atoms with van der Waals surface area (Å²) < 4.78 is 0. The summed E-state index contributed by atoms with van der Waals surface area (Å²) in [7, 11) is 3.77. The third kappa shape index (κ3) is 5.33. The quantitative estimate of drug-likeness (QED) is 0.514. The molecule has 7 nitrogen and oxygen atoms in total. The van der Waals surface area contributed by atoms with Crippen molar-refractivity contribution in [2.24, 2.45) is 0 Å². The maximum absolute atomic E-state index is 11.5. The summed E-state index contributed by atoms with van der Waals surface area (Å²) in [4.78, 5) is 24.2. The zero-order valence-corrected chi connectivity index (χ0v) is 11.5. The van der Waals surface area contributed by atoms with Crippen molar-refractivity contribution in [1.29, 1.82) is 0 Å². The fourth-order valence-corrected chi connectivity index (χ4v) is 1.04. The van der Waals surface area contributed by atoms with Gasteiger partial charge in [0, 0.05) is 12.1 Å². The maximum atomic E-state index is 11.5. The zero-order valence-electron chi connectivity index (χ0n) is 11.5. The Balaban J connectivity index is 4.31. The third-order valence-corrected chi connectivity index (χ3v) is 2.93. The smallest absolute Gasteiger partial charge is 0.328 e. The molecule has 0 bridgehead atoms. The molecular weight excluding hydrogens is 238 g/mol. The van der Waals surface area contributed by atoms with Crippen molar-refractivity contribution in [3.05, 3.63) is 0 Å². The summed E-state index contributed by atoms with van der Waals surface area (Å²) >= 11 is 0. The van der Waals surface area contributed by atoms with E-state index in [0.717, 1.165) is 0 Å². The average molecular weight is 261 g/mol. The van der Waals surface area contributed by atoms with Gasteiger partial charge in [0.25, 0.3) is 0 Å². The van der Waals surface area contributed by atoms with E-state index < -0.39 is 24.1 Å². The van der Waals surface area contributed by atoms with E-state index in [2.05, 4.69) is 10.6 Å². The van der Waals surface area contributed by atoms with Crippen molar-refractivity contribution in [2.75, 3.05) is 20.6 Å². The summed E-state index contributed by atoms with van der Waals surface area (Å²) in [5, 5.41) is 22.8. The molecule has 0 aromatic carbocycles. The van der Waals surface area contributed by atoms with Crippen LogP contribution in [0.4, 0.5) is 4.79 Å². The van der Waals surface area contributed by atoms with Crippen LogP contribution in [0.25, 0.3) is 0 Å². The summed E-state index contributed by atoms with van der Waals surface area (Å²) in [6.07, 6.45) is -1.16. The lowest BCUT2D eigenvalue weighted by molar-refractivity contribution is -0.141. The molecule has 0 aromatic heterocycles. The van der Waals surface area contributed by atoms with Gasteiger partial charge in [0.05, 0.1) is 6.10 Å². The Labute approximate surface area is 107 Å². The minimum Gasteiger partial charge on any atom is -0.480 e. The number of hydrogen-bond acceptors (Lipinski definition) is 4. The summed E-state index contributed by atoms with van der Waals surface area (Å²) in [6.45, 7) is 5.55. The predicted octanol–water partition coefficient (Wildman–Crippen LogP) is -0.540. The number of carboxylic acid groups (broad SMARTS) is 1. The Morgan fingerprint density at radius 3 is 2.17 bits per heavy atom. The molecule has 18 heavy (non-hydrogen) atoms. The lowest BCUT2D eigenvalue weighted by Gasteiger charge is -2.32. The molecule has 0 heterocycles. The van der Waals surface area contributed by atoms with E-state index in [9.17, 15) is 14.7 Å². The second-order valence-electron chi connectivity index (χ2n) is 5.09. The number of amides is 2. The lowest BCUT2D eigenvalue weighted by atomic mass is 10.0. The van der Waals surface area contributed by atoms with E-state index in [1.54, 1.807) is 0 Å². The normalized spacial score (nSPS) is 15.1. The highest BCUT2D eigenvalue weighted by molar-refractivity contribution is 5.82. The number of hydrogen-bond donors (Lipinski definition) is 4. The number of nitrogens with zero attached hydrogens (tertiary/aromatic N) is 1. The van der Waals surface area contributed by atoms with Crippen LogP contribution in [-0.4, -0.2) is 65.4 Å². The van der Waals surface area contributed by atoms with Crippen LogP contribution in [0, 0.1) is 0 Å². The number of carbonyl (C=O) groups is 2. The summed E-state index contributed by atoms with van der Waals surface area (Å²) in [6, 6.07) is -1.93. The number of aliphatic hydroxyl groups is 1. The van der Waals surface area contributed by atoms with Gasteiger partial charge in [0.2, 0.25) is 0 Å². The molecule has 0 spiro atoms. The average Bonchev–Trinajstić information content (AvgIpc) is 2.22. The molecule has 2 amide bonds. The molecule has 0 aliphatic rings. The molecule has 0 rings (SSSR count). The Bertz CT molecular complexity index is 303. The number of aliphatic hydroxyl groups excluding tert-OH is 1. The van der Waals surface area contributed by atoms with Gasteiger partial charge in [-0.2, -0.15) is 0 Å². The van der Waals surface area contributed by atoms with Crippen LogP contribution in [0.2, 0.25) is 0 Å². The Kier molecular flexibility index (Phi) is 6.07. The first-order chi connectivity index (χ1) is 8.08. The van der Waals surface area contributed by atoms with Crippen LogP contribution in [0.3, 0.4) is 0 Å². The summed E-state index contributed by atoms with van der Waals surface area (Å²) in [5.74, 6) is -1.27. The second-order valence-corrected chi connectivity index (χ2v) is 5.09. The van der Waals surface area contributed by atoms with Crippen molar-refractivity contribution in [3.63, 3.8) is 0 Å². The van der Waals surface area contributed by atoms with Crippen molar-refractivity contribution in [2.45, 2.75) is 38.5 Å². The minimum atomic E-state index is -1.31. The number of nitrogens with one attached hydrogen (secondary N) is 2. The standard InChI is InChI=1S/C11H23N3O4/c1-7(15)8(9(16)17)13-10(18)12-6-11(2,3)14(4)5/h7-8,15H,6H2,1-5H3,(H,16,17)(H2,12,13,18)/t7-,8+/m1/s1. The molecule has 0 aliphatic heterocycles. The highest BCUT2D eigenvalue weighted by Crippen LogP contribution is 2.07. The van der Waals surface area contributed by atoms with E-state index in [-0.39, 0.29) is 5.54 Å². The van der Waals surface area contributed by atoms with Gasteiger partial charge in [-0.05, 0) is 34.9 Å². The molecule has 2 atom stereocenters. The van der Waals surface area contributed by atoms with E-state index in [1.807, 2.05) is 32.8 Å². The SMILES string of the molecule is C[C@@H](O)[C@H](NC(=O)NCC(C)(C)N(C)C)C(=O)O. The van der Waals surface area contributed by atoms with Crippen molar-refractivity contribution < 1.29 is 19.8 Å². The number of rotatable bonds is 6. The monoisotopic (exact) mass is 261 g/mol. The van der Waals surface area contributed by atoms with Gasteiger partial charge >= 0.3 is 12.0 Å². The summed E-state index contributed by atoms with van der Waals surface area (Å²) in [5.41, 5.74) is -0.249. The molecule has 0 saturated carbocycles. The van der Waals surface area contributed by atoms with E-state index >= 15 is 0 Å². The highest BCUT2D eigenvalue weighted by Gasteiger charge is 2.26. The van der Waals surface area contributed by atoms with Gasteiger partial charge in [-0.15, -0.1) is 0 Å². The van der Waals surface area contributed by atoms with Gasteiger partial charge in [-0.25, -0.2) is 9.59 Å². The van der Waals surface area contributed by atoms with E-state index in [0.29, 0.717) is 6.54 Å². The molecule has 0 unspecified atom stereocenters. The zero-order chi connectivity index (χ0) is 14.5.